The Bertz CT molecular complexity index is 3420. The number of rotatable bonds is 6. The fourth-order valence-corrected chi connectivity index (χ4v) is 9.24. The third-order valence-corrected chi connectivity index (χ3v) is 12.6. The van der Waals surface area contributed by atoms with E-state index in [0.29, 0.717) is 0 Å². The zero-order chi connectivity index (χ0) is 40.8. The molecule has 0 aliphatic rings. The van der Waals surface area contributed by atoms with Gasteiger partial charge in [-0.15, -0.1) is 0 Å². The Kier molecular flexibility index (Phi) is 8.01. The Morgan fingerprint density at radius 1 is 0.483 bits per heavy atom. The van der Waals surface area contributed by atoms with Crippen molar-refractivity contribution in [1.29, 1.82) is 0 Å². The minimum absolute atomic E-state index is 0.00514. The number of aromatic amines is 1. The number of hydrogen-bond acceptors (Lipinski definition) is 2. The third kappa shape index (κ3) is 5.60. The third-order valence-electron chi connectivity index (χ3n) is 12.6. The molecule has 11 aromatic rings. The summed E-state index contributed by atoms with van der Waals surface area (Å²) in [6, 6.07) is 61.4. The summed E-state index contributed by atoms with van der Waals surface area (Å²) in [4.78, 5) is 14.4. The Balaban J connectivity index is 1.25. The quantitative estimate of drug-likeness (QED) is 0.183. The van der Waals surface area contributed by atoms with Gasteiger partial charge in [0.05, 0.1) is 27.6 Å². The fraction of sp³-hybridized carbons (Fsp3) is 0.127. The van der Waals surface area contributed by atoms with Crippen molar-refractivity contribution in [2.24, 2.45) is 0 Å². The number of para-hydroxylation sites is 3. The van der Waals surface area contributed by atoms with E-state index in [-0.39, 0.29) is 10.8 Å². The SMILES string of the molecule is CC(C)(C)c1ccc2c3ccc(-c4cc(C(C)(C)c5ccccc5)cc5c4nc(-c4cccc6c4[nH]c4ccccc46)n5-c4ccccc4)cc3n(-c3ccccn3)c2c1. The molecular weight excluding hydrogens is 731 g/mol. The van der Waals surface area contributed by atoms with Crippen LogP contribution in [0.1, 0.15) is 51.3 Å². The van der Waals surface area contributed by atoms with Gasteiger partial charge in [0.25, 0.3) is 0 Å². The summed E-state index contributed by atoms with van der Waals surface area (Å²) < 4.78 is 4.70. The van der Waals surface area contributed by atoms with Crippen molar-refractivity contribution in [2.75, 3.05) is 0 Å². The van der Waals surface area contributed by atoms with Crippen molar-refractivity contribution in [1.82, 2.24) is 24.1 Å². The maximum absolute atomic E-state index is 5.72. The molecule has 0 fully saturated rings. The van der Waals surface area contributed by atoms with Crippen molar-refractivity contribution in [3.63, 3.8) is 0 Å². The Hall–Kier alpha value is -7.24. The van der Waals surface area contributed by atoms with E-state index < -0.39 is 0 Å². The lowest BCUT2D eigenvalue weighted by molar-refractivity contribution is 0.591. The number of pyridine rings is 1. The van der Waals surface area contributed by atoms with Crippen LogP contribution >= 0.6 is 0 Å². The van der Waals surface area contributed by atoms with Gasteiger partial charge in [-0.2, -0.15) is 0 Å². The molecule has 0 spiro atoms. The molecule has 5 nitrogen and oxygen atoms in total. The molecule has 0 amide bonds. The van der Waals surface area contributed by atoms with Crippen LogP contribution in [0, 0.1) is 0 Å². The van der Waals surface area contributed by atoms with Gasteiger partial charge in [-0.05, 0) is 88.3 Å². The Morgan fingerprint density at radius 3 is 1.93 bits per heavy atom. The average molecular weight is 776 g/mol. The summed E-state index contributed by atoms with van der Waals surface area (Å²) in [5.41, 5.74) is 14.2. The van der Waals surface area contributed by atoms with Gasteiger partial charge < -0.3 is 4.98 Å². The molecule has 5 heteroatoms. The smallest absolute Gasteiger partial charge is 0.147 e. The molecule has 4 aromatic heterocycles. The molecule has 0 atom stereocenters. The number of fused-ring (bicyclic) bond motifs is 7. The first kappa shape index (κ1) is 35.9. The van der Waals surface area contributed by atoms with Crippen LogP contribution in [0.4, 0.5) is 0 Å². The van der Waals surface area contributed by atoms with Crippen LogP contribution in [0.15, 0.2) is 176 Å². The van der Waals surface area contributed by atoms with Gasteiger partial charge in [-0.3, -0.25) is 9.13 Å². The molecule has 0 saturated carbocycles. The second kappa shape index (κ2) is 13.4. The highest BCUT2D eigenvalue weighted by Crippen LogP contribution is 2.44. The molecule has 0 bridgehead atoms. The number of nitrogens with zero attached hydrogens (tertiary/aromatic N) is 4. The van der Waals surface area contributed by atoms with Crippen LogP contribution in [-0.4, -0.2) is 24.1 Å². The van der Waals surface area contributed by atoms with Crippen molar-refractivity contribution in [2.45, 2.75) is 45.4 Å². The lowest BCUT2D eigenvalue weighted by Crippen LogP contribution is -2.19. The number of hydrogen-bond donors (Lipinski definition) is 1. The molecule has 0 aliphatic heterocycles. The van der Waals surface area contributed by atoms with Gasteiger partial charge in [-0.25, -0.2) is 9.97 Å². The molecule has 0 radical (unpaired) electrons. The number of H-pyrrole nitrogens is 1. The molecule has 7 aromatic carbocycles. The van der Waals surface area contributed by atoms with E-state index in [2.05, 4.69) is 213 Å². The number of aromatic nitrogens is 5. The lowest BCUT2D eigenvalue weighted by Gasteiger charge is -2.27. The van der Waals surface area contributed by atoms with Crippen LogP contribution in [0.2, 0.25) is 0 Å². The minimum Gasteiger partial charge on any atom is -0.354 e. The maximum Gasteiger partial charge on any atom is 0.147 e. The molecular formula is C55H45N5. The summed E-state index contributed by atoms with van der Waals surface area (Å²) in [5.74, 6) is 1.79. The van der Waals surface area contributed by atoms with Gasteiger partial charge in [-0.1, -0.05) is 144 Å². The van der Waals surface area contributed by atoms with E-state index >= 15 is 0 Å². The first-order valence-corrected chi connectivity index (χ1v) is 20.8. The molecule has 11 rings (SSSR count). The molecule has 1 N–H and O–H groups in total. The lowest BCUT2D eigenvalue weighted by atomic mass is 9.77. The van der Waals surface area contributed by atoms with Gasteiger partial charge >= 0.3 is 0 Å². The van der Waals surface area contributed by atoms with Gasteiger partial charge in [0.15, 0.2) is 0 Å². The van der Waals surface area contributed by atoms with Gasteiger partial charge in [0, 0.05) is 55.5 Å². The summed E-state index contributed by atoms with van der Waals surface area (Å²) in [5, 5.41) is 4.79. The van der Waals surface area contributed by atoms with Gasteiger partial charge in [0.2, 0.25) is 0 Å². The number of benzene rings is 7. The number of nitrogens with one attached hydrogen (secondary N) is 1. The predicted molar refractivity (Wildman–Crippen MR) is 251 cm³/mol. The number of imidazole rings is 1. The maximum atomic E-state index is 5.72. The highest BCUT2D eigenvalue weighted by atomic mass is 15.1. The van der Waals surface area contributed by atoms with Crippen molar-refractivity contribution >= 4 is 54.6 Å². The molecule has 290 valence electrons. The molecule has 0 aliphatic carbocycles. The van der Waals surface area contributed by atoms with E-state index in [4.69, 9.17) is 9.97 Å². The summed E-state index contributed by atoms with van der Waals surface area (Å²) in [7, 11) is 0. The summed E-state index contributed by atoms with van der Waals surface area (Å²) in [6.45, 7) is 11.5. The van der Waals surface area contributed by atoms with Crippen LogP contribution in [0.25, 0.3) is 88.7 Å². The van der Waals surface area contributed by atoms with Crippen molar-refractivity contribution < 1.29 is 0 Å². The van der Waals surface area contributed by atoms with Crippen LogP contribution in [0.5, 0.6) is 0 Å². The first-order chi connectivity index (χ1) is 29.1. The molecule has 4 heterocycles. The van der Waals surface area contributed by atoms with Crippen molar-refractivity contribution in [3.8, 4) is 34.0 Å². The van der Waals surface area contributed by atoms with Crippen LogP contribution < -0.4 is 0 Å². The Morgan fingerprint density at radius 2 is 1.17 bits per heavy atom. The van der Waals surface area contributed by atoms with E-state index in [1.165, 1.54) is 38.2 Å². The second-order valence-corrected chi connectivity index (χ2v) is 17.6. The van der Waals surface area contributed by atoms with E-state index in [1.807, 2.05) is 12.3 Å². The second-order valence-electron chi connectivity index (χ2n) is 17.6. The highest BCUT2D eigenvalue weighted by Gasteiger charge is 2.28. The molecule has 0 saturated heterocycles. The van der Waals surface area contributed by atoms with E-state index in [9.17, 15) is 0 Å². The topological polar surface area (TPSA) is 51.4 Å². The fourth-order valence-electron chi connectivity index (χ4n) is 9.24. The summed E-state index contributed by atoms with van der Waals surface area (Å²) in [6.07, 6.45) is 1.88. The molecule has 60 heavy (non-hydrogen) atoms. The minimum atomic E-state index is -0.316. The van der Waals surface area contributed by atoms with E-state index in [1.54, 1.807) is 0 Å². The van der Waals surface area contributed by atoms with Crippen LogP contribution in [0.3, 0.4) is 0 Å². The zero-order valence-electron chi connectivity index (χ0n) is 34.5. The van der Waals surface area contributed by atoms with E-state index in [0.717, 1.165) is 67.1 Å². The summed E-state index contributed by atoms with van der Waals surface area (Å²) >= 11 is 0. The Labute approximate surface area is 349 Å². The molecule has 0 unspecified atom stereocenters. The standard InChI is InChI=1S/C55H45N5/c1-54(2,3)37-27-29-42-41-28-26-35(31-47(41)60(48(42)33-37)50-25-14-15-30-56-50)45-32-38(55(4,5)36-17-8-6-9-18-36)34-49-52(45)58-53(59(49)39-19-10-7-11-20-39)44-23-16-22-43-40-21-12-13-24-46(40)57-51(43)44/h6-34,57H,1-5H3. The first-order valence-electron chi connectivity index (χ1n) is 20.8. The van der Waals surface area contributed by atoms with Crippen LogP contribution in [-0.2, 0) is 10.8 Å². The monoisotopic (exact) mass is 775 g/mol. The largest absolute Gasteiger partial charge is 0.354 e. The predicted octanol–water partition coefficient (Wildman–Crippen LogP) is 14.1. The van der Waals surface area contributed by atoms with Gasteiger partial charge in [0.1, 0.15) is 11.6 Å². The normalized spacial score (nSPS) is 12.4. The van der Waals surface area contributed by atoms with Crippen molar-refractivity contribution in [3.05, 3.63) is 193 Å². The average Bonchev–Trinajstić information content (AvgIpc) is 3.96. The highest BCUT2D eigenvalue weighted by molar-refractivity contribution is 6.13. The zero-order valence-corrected chi connectivity index (χ0v) is 34.5.